The van der Waals surface area contributed by atoms with Crippen LogP contribution in [0.5, 0.6) is 0 Å². The van der Waals surface area contributed by atoms with E-state index in [1.165, 1.54) is 0 Å². The molecular formula is C14H20F3NO. The Morgan fingerprint density at radius 1 is 1.16 bits per heavy atom. The van der Waals surface area contributed by atoms with Crippen molar-refractivity contribution in [3.63, 3.8) is 0 Å². The number of hydrogen-bond acceptors (Lipinski definition) is 2. The molecule has 1 aromatic carbocycles. The molecule has 2 nitrogen and oxygen atoms in total. The van der Waals surface area contributed by atoms with E-state index in [4.69, 9.17) is 4.74 Å². The van der Waals surface area contributed by atoms with Gasteiger partial charge in [-0.3, -0.25) is 0 Å². The van der Waals surface area contributed by atoms with Crippen molar-refractivity contribution in [2.45, 2.75) is 45.7 Å². The maximum atomic E-state index is 12.3. The van der Waals surface area contributed by atoms with Gasteiger partial charge in [0.2, 0.25) is 0 Å². The third kappa shape index (κ3) is 6.07. The summed E-state index contributed by atoms with van der Waals surface area (Å²) in [6.45, 7) is 4.81. The highest BCUT2D eigenvalue weighted by Crippen LogP contribution is 2.23. The number of alkyl halides is 3. The van der Waals surface area contributed by atoms with Crippen molar-refractivity contribution in [3.05, 3.63) is 35.4 Å². The van der Waals surface area contributed by atoms with E-state index in [0.29, 0.717) is 0 Å². The molecular weight excluding hydrogens is 255 g/mol. The molecule has 1 N–H and O–H groups in total. The molecule has 0 saturated heterocycles. The Balaban J connectivity index is 2.40. The summed E-state index contributed by atoms with van der Waals surface area (Å²) in [4.78, 5) is 0. The van der Waals surface area contributed by atoms with Crippen LogP contribution in [-0.4, -0.2) is 18.8 Å². The van der Waals surface area contributed by atoms with Crippen LogP contribution in [-0.2, 0) is 17.9 Å². The summed E-state index contributed by atoms with van der Waals surface area (Å²) in [6, 6.07) is 7.40. The van der Waals surface area contributed by atoms with E-state index in [-0.39, 0.29) is 6.61 Å². The average molecular weight is 275 g/mol. The third-order valence-electron chi connectivity index (χ3n) is 2.74. The Bertz CT molecular complexity index is 362. The fraction of sp³-hybridized carbons (Fsp3) is 0.571. The number of ether oxygens (including phenoxy) is 1. The predicted molar refractivity (Wildman–Crippen MR) is 68.7 cm³/mol. The van der Waals surface area contributed by atoms with Crippen molar-refractivity contribution in [3.8, 4) is 0 Å². The standard InChI is InChI=1S/C14H20F3NO/c1-3-8-18-9-12-4-6-13(7-5-12)10-19-11(2)14(15,16)17/h4-7,11,18H,3,8-10H2,1-2H3. The highest BCUT2D eigenvalue weighted by molar-refractivity contribution is 5.21. The van der Waals surface area contributed by atoms with E-state index >= 15 is 0 Å². The van der Waals surface area contributed by atoms with Crippen molar-refractivity contribution < 1.29 is 17.9 Å². The molecule has 0 aliphatic carbocycles. The van der Waals surface area contributed by atoms with Crippen molar-refractivity contribution in [1.29, 1.82) is 0 Å². The molecule has 0 aliphatic heterocycles. The lowest BCUT2D eigenvalue weighted by atomic mass is 10.1. The molecule has 5 heteroatoms. The highest BCUT2D eigenvalue weighted by Gasteiger charge is 2.36. The first-order chi connectivity index (χ1) is 8.93. The van der Waals surface area contributed by atoms with Crippen molar-refractivity contribution in [2.24, 2.45) is 0 Å². The van der Waals surface area contributed by atoms with Gasteiger partial charge in [0, 0.05) is 6.54 Å². The first kappa shape index (κ1) is 16.0. The zero-order valence-electron chi connectivity index (χ0n) is 11.3. The minimum atomic E-state index is -4.30. The lowest BCUT2D eigenvalue weighted by molar-refractivity contribution is -0.217. The zero-order valence-corrected chi connectivity index (χ0v) is 11.3. The summed E-state index contributed by atoms with van der Waals surface area (Å²) in [5, 5.41) is 3.26. The molecule has 0 fully saturated rings. The molecule has 1 unspecified atom stereocenters. The predicted octanol–water partition coefficient (Wildman–Crippen LogP) is 3.65. The number of nitrogens with one attached hydrogen (secondary N) is 1. The summed E-state index contributed by atoms with van der Waals surface area (Å²) < 4.78 is 41.6. The van der Waals surface area contributed by atoms with E-state index < -0.39 is 12.3 Å². The topological polar surface area (TPSA) is 21.3 Å². The molecule has 0 aromatic heterocycles. The minimum Gasteiger partial charge on any atom is -0.364 e. The van der Waals surface area contributed by atoms with Crippen LogP contribution in [0.4, 0.5) is 13.2 Å². The number of rotatable bonds is 7. The fourth-order valence-corrected chi connectivity index (χ4v) is 1.48. The van der Waals surface area contributed by atoms with Gasteiger partial charge < -0.3 is 10.1 Å². The fourth-order valence-electron chi connectivity index (χ4n) is 1.48. The van der Waals surface area contributed by atoms with Crippen LogP contribution >= 0.6 is 0 Å². The van der Waals surface area contributed by atoms with Gasteiger partial charge in [-0.05, 0) is 31.0 Å². The molecule has 1 rings (SSSR count). The quantitative estimate of drug-likeness (QED) is 0.767. The molecule has 0 aliphatic rings. The van der Waals surface area contributed by atoms with Gasteiger partial charge in [-0.25, -0.2) is 0 Å². The maximum Gasteiger partial charge on any atom is 0.414 e. The normalized spacial score (nSPS) is 13.5. The molecule has 0 saturated carbocycles. The lowest BCUT2D eigenvalue weighted by Crippen LogP contribution is -2.28. The summed E-state index contributed by atoms with van der Waals surface area (Å²) in [6.07, 6.45) is -4.97. The highest BCUT2D eigenvalue weighted by atomic mass is 19.4. The molecule has 0 spiro atoms. The Morgan fingerprint density at radius 2 is 1.74 bits per heavy atom. The SMILES string of the molecule is CCCNCc1ccc(COC(C)C(F)(F)F)cc1. The molecule has 0 bridgehead atoms. The van der Waals surface area contributed by atoms with Crippen molar-refractivity contribution in [2.75, 3.05) is 6.54 Å². The van der Waals surface area contributed by atoms with Gasteiger partial charge in [0.25, 0.3) is 0 Å². The lowest BCUT2D eigenvalue weighted by Gasteiger charge is -2.16. The van der Waals surface area contributed by atoms with Crippen LogP contribution in [0.25, 0.3) is 0 Å². The van der Waals surface area contributed by atoms with Gasteiger partial charge >= 0.3 is 6.18 Å². The molecule has 0 amide bonds. The van der Waals surface area contributed by atoms with Crippen LogP contribution in [0.15, 0.2) is 24.3 Å². The zero-order chi connectivity index (χ0) is 14.3. The summed E-state index contributed by atoms with van der Waals surface area (Å²) in [7, 11) is 0. The second kappa shape index (κ2) is 7.50. The van der Waals surface area contributed by atoms with Crippen molar-refractivity contribution in [1.82, 2.24) is 5.32 Å². The summed E-state index contributed by atoms with van der Waals surface area (Å²) in [5.74, 6) is 0. The average Bonchev–Trinajstić information content (AvgIpc) is 2.36. The largest absolute Gasteiger partial charge is 0.414 e. The summed E-state index contributed by atoms with van der Waals surface area (Å²) >= 11 is 0. The number of hydrogen-bond donors (Lipinski definition) is 1. The van der Waals surface area contributed by atoms with Crippen LogP contribution in [0.1, 0.15) is 31.4 Å². The van der Waals surface area contributed by atoms with Gasteiger partial charge in [-0.15, -0.1) is 0 Å². The molecule has 108 valence electrons. The first-order valence-electron chi connectivity index (χ1n) is 6.40. The first-order valence-corrected chi connectivity index (χ1v) is 6.40. The maximum absolute atomic E-state index is 12.3. The van der Waals surface area contributed by atoms with Gasteiger partial charge in [0.15, 0.2) is 6.10 Å². The summed E-state index contributed by atoms with van der Waals surface area (Å²) in [5.41, 5.74) is 1.86. The second-order valence-corrected chi connectivity index (χ2v) is 4.49. The van der Waals surface area contributed by atoms with Gasteiger partial charge in [-0.2, -0.15) is 13.2 Å². The molecule has 0 radical (unpaired) electrons. The Hall–Kier alpha value is -1.07. The van der Waals surface area contributed by atoms with Gasteiger partial charge in [0.1, 0.15) is 0 Å². The Kier molecular flexibility index (Phi) is 6.31. The van der Waals surface area contributed by atoms with Crippen molar-refractivity contribution >= 4 is 0 Å². The second-order valence-electron chi connectivity index (χ2n) is 4.49. The Morgan fingerprint density at radius 3 is 2.26 bits per heavy atom. The smallest absolute Gasteiger partial charge is 0.364 e. The molecule has 1 atom stereocenters. The minimum absolute atomic E-state index is 0.0245. The Labute approximate surface area is 112 Å². The number of halogens is 3. The van der Waals surface area contributed by atoms with Gasteiger partial charge in [-0.1, -0.05) is 31.2 Å². The molecule has 1 aromatic rings. The van der Waals surface area contributed by atoms with Crippen LogP contribution in [0.3, 0.4) is 0 Å². The van der Waals surface area contributed by atoms with E-state index in [9.17, 15) is 13.2 Å². The van der Waals surface area contributed by atoms with E-state index in [1.54, 1.807) is 12.1 Å². The molecule has 19 heavy (non-hydrogen) atoms. The van der Waals surface area contributed by atoms with E-state index in [1.807, 2.05) is 12.1 Å². The van der Waals surface area contributed by atoms with Crippen LogP contribution in [0, 0.1) is 0 Å². The van der Waals surface area contributed by atoms with E-state index in [0.717, 1.165) is 37.6 Å². The molecule has 0 heterocycles. The van der Waals surface area contributed by atoms with Crippen LogP contribution < -0.4 is 5.32 Å². The number of benzene rings is 1. The monoisotopic (exact) mass is 275 g/mol. The van der Waals surface area contributed by atoms with Gasteiger partial charge in [0.05, 0.1) is 6.61 Å². The van der Waals surface area contributed by atoms with Crippen LogP contribution in [0.2, 0.25) is 0 Å². The third-order valence-corrected chi connectivity index (χ3v) is 2.74. The van der Waals surface area contributed by atoms with E-state index in [2.05, 4.69) is 12.2 Å².